The van der Waals surface area contributed by atoms with E-state index in [9.17, 15) is 4.21 Å². The minimum absolute atomic E-state index is 1.61. The van der Waals surface area contributed by atoms with E-state index in [0.717, 1.165) is 0 Å². The average Bonchev–Trinajstić information content (AvgIpc) is 1.30. The van der Waals surface area contributed by atoms with Crippen LogP contribution >= 0.6 is 0 Å². The third-order valence-corrected chi connectivity index (χ3v) is 0.500. The monoisotopic (exact) mass is 96.0 g/mol. The second kappa shape index (κ2) is 1.02. The van der Waals surface area contributed by atoms with Crippen molar-refractivity contribution in [2.45, 2.75) is 0 Å². The molecular weight excluding hydrogens is 96.1 g/mol. The highest BCUT2D eigenvalue weighted by molar-refractivity contribution is 7.75. The molecular formula is O4S. The highest BCUT2D eigenvalue weighted by Gasteiger charge is 2.14. The van der Waals surface area contributed by atoms with Gasteiger partial charge in [0.05, 0.1) is 0 Å². The molecule has 0 spiro atoms. The highest BCUT2D eigenvalue weighted by Crippen LogP contribution is 2.01. The molecule has 5 heteroatoms. The van der Waals surface area contributed by atoms with Crippen LogP contribution in [0.5, 0.6) is 0 Å². The summed E-state index contributed by atoms with van der Waals surface area (Å²) in [5, 5.41) is 3.53. The summed E-state index contributed by atoms with van der Waals surface area (Å²) in [5.41, 5.74) is 0. The molecule has 1 heterocycles. The predicted octanol–water partition coefficient (Wildman–Crippen LogP) is -0.541. The van der Waals surface area contributed by atoms with Crippen LogP contribution in [0.1, 0.15) is 0 Å². The van der Waals surface area contributed by atoms with E-state index in [1.807, 2.05) is 0 Å². The van der Waals surface area contributed by atoms with Gasteiger partial charge in [0.1, 0.15) is 0 Å². The van der Waals surface area contributed by atoms with Crippen LogP contribution in [0.2, 0.25) is 0 Å². The van der Waals surface area contributed by atoms with Gasteiger partial charge in [0.15, 0.2) is 0 Å². The van der Waals surface area contributed by atoms with Crippen LogP contribution in [0, 0.1) is 0 Å². The molecule has 5 heavy (non-hydrogen) atoms. The number of rotatable bonds is 0. The topological polar surface area (TPSA) is 44.8 Å². The van der Waals surface area contributed by atoms with E-state index < -0.39 is 11.4 Å². The van der Waals surface area contributed by atoms with E-state index in [2.05, 4.69) is 13.7 Å². The first-order chi connectivity index (χ1) is 2.39. The lowest BCUT2D eigenvalue weighted by Gasteiger charge is -2.02. The molecule has 0 radical (unpaired) electrons. The van der Waals surface area contributed by atoms with Gasteiger partial charge < -0.3 is 0 Å². The summed E-state index contributed by atoms with van der Waals surface area (Å²) in [4.78, 5) is 0. The van der Waals surface area contributed by atoms with Crippen LogP contribution in [0.4, 0.5) is 0 Å². The Bertz CT molecular complexity index is 50.7. The van der Waals surface area contributed by atoms with Crippen LogP contribution in [-0.2, 0) is 25.1 Å². The Balaban J connectivity index is 2.32. The summed E-state index contributed by atoms with van der Waals surface area (Å²) < 4.78 is 16.8. The quantitative estimate of drug-likeness (QED) is 0.380. The van der Waals surface area contributed by atoms with E-state index in [4.69, 9.17) is 0 Å². The maximum absolute atomic E-state index is 9.44. The standard InChI is InChI=1S/O4S/c1-5-3-2-4-5. The molecule has 4 nitrogen and oxygen atoms in total. The molecule has 0 aliphatic carbocycles. The normalized spacial score (nSPS) is 25.6. The summed E-state index contributed by atoms with van der Waals surface area (Å²) >= 11 is -1.61. The van der Waals surface area contributed by atoms with Crippen molar-refractivity contribution in [3.63, 3.8) is 0 Å². The Morgan fingerprint density at radius 1 is 1.40 bits per heavy atom. The van der Waals surface area contributed by atoms with E-state index in [1.54, 1.807) is 0 Å². The lowest BCUT2D eigenvalue weighted by molar-refractivity contribution is -0.469. The fourth-order valence-corrected chi connectivity index (χ4v) is 0.151. The summed E-state index contributed by atoms with van der Waals surface area (Å²) in [6, 6.07) is 0. The van der Waals surface area contributed by atoms with Crippen molar-refractivity contribution in [2.75, 3.05) is 0 Å². The first kappa shape index (κ1) is 3.23. The smallest absolute Gasteiger partial charge is 0.192 e. The maximum Gasteiger partial charge on any atom is 0.367 e. The van der Waals surface area contributed by atoms with Crippen molar-refractivity contribution in [1.29, 1.82) is 0 Å². The maximum atomic E-state index is 9.44. The molecule has 1 saturated heterocycles. The lowest BCUT2D eigenvalue weighted by atomic mass is 14.5. The Hall–Kier alpha value is 0.0300. The SMILES string of the molecule is O=S1OOO1. The third-order valence-electron chi connectivity index (χ3n) is 0.167. The fraction of sp³-hybridized carbons (Fsp3) is 0. The highest BCUT2D eigenvalue weighted by atomic mass is 32.2. The van der Waals surface area contributed by atoms with Crippen molar-refractivity contribution >= 4 is 11.4 Å². The second-order valence-corrected chi connectivity index (χ2v) is 1.09. The Labute approximate surface area is 30.4 Å². The molecule has 30 valence electrons. The molecule has 1 aliphatic heterocycles. The van der Waals surface area contributed by atoms with Crippen LogP contribution in [-0.4, -0.2) is 4.21 Å². The zero-order valence-electron chi connectivity index (χ0n) is 2.04. The van der Waals surface area contributed by atoms with Crippen molar-refractivity contribution in [3.05, 3.63) is 0 Å². The molecule has 0 aromatic carbocycles. The van der Waals surface area contributed by atoms with E-state index in [-0.39, 0.29) is 0 Å². The van der Waals surface area contributed by atoms with Gasteiger partial charge in [-0.1, -0.05) is 8.67 Å². The summed E-state index contributed by atoms with van der Waals surface area (Å²) in [7, 11) is 0. The molecule has 0 N–H and O–H groups in total. The van der Waals surface area contributed by atoms with Gasteiger partial charge >= 0.3 is 11.4 Å². The van der Waals surface area contributed by atoms with Gasteiger partial charge in [-0.15, -0.1) is 0 Å². The Morgan fingerprint density at radius 2 is 1.80 bits per heavy atom. The molecule has 0 amide bonds. The van der Waals surface area contributed by atoms with E-state index in [0.29, 0.717) is 0 Å². The van der Waals surface area contributed by atoms with E-state index in [1.165, 1.54) is 0 Å². The zero-order valence-corrected chi connectivity index (χ0v) is 2.86. The zero-order chi connectivity index (χ0) is 3.70. The number of hydrogen-bond acceptors (Lipinski definition) is 4. The van der Waals surface area contributed by atoms with Gasteiger partial charge in [-0.2, -0.15) is 4.21 Å². The predicted molar refractivity (Wildman–Crippen MR) is 11.4 cm³/mol. The minimum Gasteiger partial charge on any atom is -0.192 e. The minimum atomic E-state index is -1.61. The first-order valence-corrected chi connectivity index (χ1v) is 1.83. The molecule has 0 aromatic heterocycles. The molecule has 0 aromatic rings. The Kier molecular flexibility index (Phi) is 0.657. The van der Waals surface area contributed by atoms with Gasteiger partial charge in [0.2, 0.25) is 0 Å². The summed E-state index contributed by atoms with van der Waals surface area (Å²) in [6.07, 6.45) is 0. The van der Waals surface area contributed by atoms with Crippen molar-refractivity contribution in [3.8, 4) is 0 Å². The number of hydrogen-bond donors (Lipinski definition) is 0. The Morgan fingerprint density at radius 3 is 1.80 bits per heavy atom. The molecule has 1 fully saturated rings. The van der Waals surface area contributed by atoms with Crippen LogP contribution in [0.25, 0.3) is 0 Å². The van der Waals surface area contributed by atoms with Crippen LogP contribution in [0.3, 0.4) is 0 Å². The van der Waals surface area contributed by atoms with Crippen molar-refractivity contribution in [2.24, 2.45) is 0 Å². The molecule has 0 unspecified atom stereocenters. The van der Waals surface area contributed by atoms with Gasteiger partial charge in [0, 0.05) is 0 Å². The summed E-state index contributed by atoms with van der Waals surface area (Å²) in [5.74, 6) is 0. The van der Waals surface area contributed by atoms with Crippen molar-refractivity contribution in [1.82, 2.24) is 0 Å². The lowest BCUT2D eigenvalue weighted by Crippen LogP contribution is -2.12. The molecule has 0 bridgehead atoms. The largest absolute Gasteiger partial charge is 0.367 e. The second-order valence-electron chi connectivity index (χ2n) is 0.408. The van der Waals surface area contributed by atoms with Crippen molar-refractivity contribution < 1.29 is 17.9 Å². The molecule has 0 saturated carbocycles. The third kappa shape index (κ3) is 0.457. The van der Waals surface area contributed by atoms with Gasteiger partial charge in [-0.25, -0.2) is 0 Å². The molecule has 0 atom stereocenters. The van der Waals surface area contributed by atoms with Crippen LogP contribution in [0.15, 0.2) is 0 Å². The van der Waals surface area contributed by atoms with Crippen LogP contribution < -0.4 is 0 Å². The fourth-order valence-electron chi connectivity index (χ4n) is 0.0505. The van der Waals surface area contributed by atoms with Gasteiger partial charge in [-0.05, 0) is 5.04 Å². The van der Waals surface area contributed by atoms with Gasteiger partial charge in [0.25, 0.3) is 0 Å². The van der Waals surface area contributed by atoms with E-state index >= 15 is 0 Å². The molecule has 1 rings (SSSR count). The molecule has 1 aliphatic rings. The average molecular weight is 96.1 g/mol. The summed E-state index contributed by atoms with van der Waals surface area (Å²) in [6.45, 7) is 0. The first-order valence-electron chi connectivity index (χ1n) is 0.833. The van der Waals surface area contributed by atoms with Gasteiger partial charge in [-0.3, -0.25) is 0 Å².